The van der Waals surface area contributed by atoms with Crippen molar-refractivity contribution in [1.29, 1.82) is 5.26 Å². The number of hydrogen-bond donors (Lipinski definition) is 1. The van der Waals surface area contributed by atoms with Crippen molar-refractivity contribution in [3.05, 3.63) is 63.2 Å². The van der Waals surface area contributed by atoms with E-state index in [1.54, 1.807) is 18.2 Å². The summed E-state index contributed by atoms with van der Waals surface area (Å²) in [6, 6.07) is 11.3. The monoisotopic (exact) mass is 394 g/mol. The predicted molar refractivity (Wildman–Crippen MR) is 106 cm³/mol. The number of aryl methyl sites for hydroxylation is 1. The molecule has 1 N–H and O–H groups in total. The van der Waals surface area contributed by atoms with E-state index in [4.69, 9.17) is 4.74 Å². The molecule has 29 heavy (non-hydrogen) atoms. The lowest BCUT2D eigenvalue weighted by molar-refractivity contribution is -0.398. The summed E-state index contributed by atoms with van der Waals surface area (Å²) in [7, 11) is 1.20. The number of nitro groups is 1. The summed E-state index contributed by atoms with van der Waals surface area (Å²) < 4.78 is 4.86. The van der Waals surface area contributed by atoms with E-state index in [2.05, 4.69) is 12.2 Å². The molecule has 0 saturated heterocycles. The fourth-order valence-electron chi connectivity index (χ4n) is 2.63. The number of nitrogens with one attached hydrogen (secondary N) is 1. The Bertz CT molecular complexity index is 975. The largest absolute Gasteiger partial charge is 0.865 e. The van der Waals surface area contributed by atoms with Crippen LogP contribution in [-0.4, -0.2) is 17.9 Å². The molecule has 0 unspecified atom stereocenters. The molecule has 2 aromatic carbocycles. The molecule has 0 atom stereocenters. The molecule has 0 saturated carbocycles. The van der Waals surface area contributed by atoms with Gasteiger partial charge in [0.05, 0.1) is 12.0 Å². The van der Waals surface area contributed by atoms with Gasteiger partial charge in [-0.2, -0.15) is 5.26 Å². The summed E-state index contributed by atoms with van der Waals surface area (Å²) in [5, 5.41) is 34.9. The summed E-state index contributed by atoms with van der Waals surface area (Å²) in [6.07, 6.45) is 4.28. The molecule has 0 radical (unpaired) electrons. The molecule has 0 aliphatic carbocycles. The molecular weight excluding hydrogens is 374 g/mol. The van der Waals surface area contributed by atoms with Crippen LogP contribution in [0.5, 0.6) is 11.5 Å². The van der Waals surface area contributed by atoms with Crippen LogP contribution >= 0.6 is 0 Å². The van der Waals surface area contributed by atoms with Crippen LogP contribution in [0.1, 0.15) is 30.9 Å². The average Bonchev–Trinajstić information content (AvgIpc) is 2.72. The molecule has 0 aromatic heterocycles. The molecule has 0 aliphatic heterocycles. The number of amides is 1. The van der Waals surface area contributed by atoms with Gasteiger partial charge >= 0.3 is 0 Å². The van der Waals surface area contributed by atoms with E-state index in [1.165, 1.54) is 19.3 Å². The minimum Gasteiger partial charge on any atom is -0.865 e. The minimum atomic E-state index is -0.874. The summed E-state index contributed by atoms with van der Waals surface area (Å²) in [6.45, 7) is 2.11. The Kier molecular flexibility index (Phi) is 7.32. The Morgan fingerprint density at radius 2 is 2.00 bits per heavy atom. The fourth-order valence-corrected chi connectivity index (χ4v) is 2.63. The van der Waals surface area contributed by atoms with Gasteiger partial charge in [-0.1, -0.05) is 25.5 Å². The van der Waals surface area contributed by atoms with Crippen LogP contribution in [0.3, 0.4) is 0 Å². The van der Waals surface area contributed by atoms with E-state index in [-0.39, 0.29) is 16.9 Å². The van der Waals surface area contributed by atoms with Crippen LogP contribution in [0.15, 0.2) is 42.0 Å². The number of anilines is 1. The van der Waals surface area contributed by atoms with Gasteiger partial charge in [0.25, 0.3) is 11.6 Å². The van der Waals surface area contributed by atoms with Crippen LogP contribution in [0.2, 0.25) is 0 Å². The van der Waals surface area contributed by atoms with Crippen molar-refractivity contribution in [3.63, 3.8) is 0 Å². The van der Waals surface area contributed by atoms with Crippen molar-refractivity contribution < 1.29 is 19.6 Å². The summed E-state index contributed by atoms with van der Waals surface area (Å²) in [5.74, 6) is -1.78. The first kappa shape index (κ1) is 21.4. The molecular formula is C21H20N3O5-. The van der Waals surface area contributed by atoms with E-state index in [9.17, 15) is 25.3 Å². The van der Waals surface area contributed by atoms with E-state index in [0.717, 1.165) is 30.9 Å². The Morgan fingerprint density at radius 3 is 2.55 bits per heavy atom. The molecule has 1 amide bonds. The van der Waals surface area contributed by atoms with Crippen molar-refractivity contribution in [3.8, 4) is 17.6 Å². The first-order valence-corrected chi connectivity index (χ1v) is 8.95. The smallest absolute Gasteiger partial charge is 0.266 e. The maximum atomic E-state index is 12.4. The molecule has 150 valence electrons. The van der Waals surface area contributed by atoms with Crippen LogP contribution in [-0.2, 0) is 11.2 Å². The first-order valence-electron chi connectivity index (χ1n) is 8.95. The van der Waals surface area contributed by atoms with E-state index in [1.807, 2.05) is 12.1 Å². The number of unbranched alkanes of at least 4 members (excludes halogenated alkanes) is 1. The van der Waals surface area contributed by atoms with Crippen molar-refractivity contribution in [2.24, 2.45) is 0 Å². The van der Waals surface area contributed by atoms with E-state index >= 15 is 0 Å². The zero-order chi connectivity index (χ0) is 21.4. The molecule has 0 fully saturated rings. The lowest BCUT2D eigenvalue weighted by atomic mass is 10.1. The molecule has 2 aromatic rings. The Hall–Kier alpha value is -3.86. The van der Waals surface area contributed by atoms with Gasteiger partial charge in [-0.05, 0) is 48.2 Å². The van der Waals surface area contributed by atoms with E-state index in [0.29, 0.717) is 5.69 Å². The standard InChI is InChI=1S/C21H21N3O5/c1-3-4-5-14-6-8-17(9-7-14)23-21(26)16(13-22)10-15-11-18(24(27)28)20(25)19(12-15)29-2/h6-12,25H,3-5H2,1-2H3,(H,23,26)/p-1/b16-10+. The fraction of sp³-hybridized carbons (Fsp3) is 0.238. The highest BCUT2D eigenvalue weighted by Gasteiger charge is 2.15. The van der Waals surface area contributed by atoms with Gasteiger partial charge in [-0.25, -0.2) is 0 Å². The highest BCUT2D eigenvalue weighted by Crippen LogP contribution is 2.35. The number of nitriles is 1. The lowest BCUT2D eigenvalue weighted by Gasteiger charge is -2.13. The Morgan fingerprint density at radius 1 is 1.31 bits per heavy atom. The number of benzene rings is 2. The van der Waals surface area contributed by atoms with Gasteiger partial charge in [0.1, 0.15) is 17.4 Å². The molecule has 8 nitrogen and oxygen atoms in total. The van der Waals surface area contributed by atoms with Gasteiger partial charge in [-0.3, -0.25) is 14.9 Å². The minimum absolute atomic E-state index is 0.134. The second-order valence-corrected chi connectivity index (χ2v) is 6.25. The normalized spacial score (nSPS) is 10.9. The van der Waals surface area contributed by atoms with E-state index < -0.39 is 22.3 Å². The number of hydrogen-bond acceptors (Lipinski definition) is 6. The summed E-state index contributed by atoms with van der Waals surface area (Å²) in [4.78, 5) is 22.6. The zero-order valence-electron chi connectivity index (χ0n) is 16.1. The second kappa shape index (κ2) is 9.90. The van der Waals surface area contributed by atoms with Gasteiger partial charge in [0.2, 0.25) is 0 Å². The third kappa shape index (κ3) is 5.56. The van der Waals surface area contributed by atoms with Crippen molar-refractivity contribution >= 4 is 23.4 Å². The molecule has 0 spiro atoms. The number of rotatable bonds is 8. The number of nitrogens with zero attached hydrogens (tertiary/aromatic N) is 2. The van der Waals surface area contributed by atoms with Crippen molar-refractivity contribution in [1.82, 2.24) is 0 Å². The first-order chi connectivity index (χ1) is 13.9. The topological polar surface area (TPSA) is 128 Å². The maximum Gasteiger partial charge on any atom is 0.266 e. The zero-order valence-corrected chi connectivity index (χ0v) is 16.1. The quantitative estimate of drug-likeness (QED) is 0.315. The molecule has 0 bridgehead atoms. The third-order valence-electron chi connectivity index (χ3n) is 4.18. The third-order valence-corrected chi connectivity index (χ3v) is 4.18. The molecule has 2 rings (SSSR count). The van der Waals surface area contributed by atoms with Crippen molar-refractivity contribution in [2.75, 3.05) is 12.4 Å². The summed E-state index contributed by atoms with van der Waals surface area (Å²) in [5.41, 5.74) is 0.841. The molecule has 0 aliphatic rings. The molecule has 8 heteroatoms. The van der Waals surface area contributed by atoms with Crippen LogP contribution in [0, 0.1) is 21.4 Å². The second-order valence-electron chi connectivity index (χ2n) is 6.25. The lowest BCUT2D eigenvalue weighted by Crippen LogP contribution is -2.13. The Balaban J connectivity index is 2.25. The van der Waals surface area contributed by atoms with Gasteiger partial charge in [0.15, 0.2) is 0 Å². The number of carbonyl (C=O) groups excluding carboxylic acids is 1. The number of ether oxygens (including phenoxy) is 1. The maximum absolute atomic E-state index is 12.4. The predicted octanol–water partition coefficient (Wildman–Crippen LogP) is 3.57. The summed E-state index contributed by atoms with van der Waals surface area (Å²) >= 11 is 0. The van der Waals surface area contributed by atoms with Crippen LogP contribution < -0.4 is 15.2 Å². The molecule has 0 heterocycles. The van der Waals surface area contributed by atoms with Crippen molar-refractivity contribution in [2.45, 2.75) is 26.2 Å². The number of methoxy groups -OCH3 is 1. The Labute approximate surface area is 168 Å². The van der Waals surface area contributed by atoms with Crippen LogP contribution in [0.25, 0.3) is 6.08 Å². The highest BCUT2D eigenvalue weighted by atomic mass is 16.6. The number of nitro benzene ring substituents is 1. The average molecular weight is 394 g/mol. The SMILES string of the molecule is CCCCc1ccc(NC(=O)/C(C#N)=C/c2cc(OC)c([O-])c([N+](=O)[O-])c2)cc1. The number of carbonyl (C=O) groups is 1. The van der Waals surface area contributed by atoms with Gasteiger partial charge < -0.3 is 15.2 Å². The van der Waals surface area contributed by atoms with Crippen LogP contribution in [0.4, 0.5) is 11.4 Å². The van der Waals surface area contributed by atoms with Gasteiger partial charge in [0, 0.05) is 17.5 Å². The van der Waals surface area contributed by atoms with Gasteiger partial charge in [-0.15, -0.1) is 0 Å². The highest BCUT2D eigenvalue weighted by molar-refractivity contribution is 6.09.